The van der Waals surface area contributed by atoms with E-state index < -0.39 is 11.2 Å². The second kappa shape index (κ2) is 11.4. The van der Waals surface area contributed by atoms with Gasteiger partial charge in [0.25, 0.3) is 5.56 Å². The van der Waals surface area contributed by atoms with Gasteiger partial charge in [0.15, 0.2) is 5.65 Å². The zero-order chi connectivity index (χ0) is 32.3. The van der Waals surface area contributed by atoms with Crippen LogP contribution in [0, 0.1) is 12.3 Å². The number of carbonyl (C=O) groups excluding carboxylic acids is 2. The number of piperidine rings is 1. The summed E-state index contributed by atoms with van der Waals surface area (Å²) in [7, 11) is 0. The lowest BCUT2D eigenvalue weighted by molar-refractivity contribution is -0.141. The van der Waals surface area contributed by atoms with E-state index in [1.54, 1.807) is 15.5 Å². The summed E-state index contributed by atoms with van der Waals surface area (Å²) in [5.74, 6) is 0.163. The van der Waals surface area contributed by atoms with Gasteiger partial charge in [0.1, 0.15) is 17.1 Å². The first-order chi connectivity index (χ1) is 21.2. The SMILES string of the molecule is Cc1cc(-n2c(Cl)cc3c(=O)n(CC4(O)CCN(C(=O)C5(C)CC5)CC4)cnc32)ccc1[C@@H]1COCCN1C(=O)OC(C)(C)C. The third kappa shape index (κ3) is 6.22. The van der Waals surface area contributed by atoms with Gasteiger partial charge in [0, 0.05) is 30.7 Å². The number of hydrogen-bond donors (Lipinski definition) is 1. The molecule has 3 aromatic rings. The molecule has 4 heterocycles. The number of ether oxygens (including phenoxy) is 2. The van der Waals surface area contributed by atoms with E-state index in [1.165, 1.54) is 10.9 Å². The average Bonchev–Trinajstić information content (AvgIpc) is 3.64. The van der Waals surface area contributed by atoms with Crippen LogP contribution in [0.1, 0.15) is 70.5 Å². The summed E-state index contributed by atoms with van der Waals surface area (Å²) in [6.07, 6.45) is 3.70. The number of fused-ring (bicyclic) bond motifs is 1. The van der Waals surface area contributed by atoms with E-state index in [-0.39, 0.29) is 35.6 Å². The summed E-state index contributed by atoms with van der Waals surface area (Å²) in [4.78, 5) is 47.5. The molecule has 3 aliphatic rings. The number of aliphatic hydroxyl groups is 1. The highest BCUT2D eigenvalue weighted by atomic mass is 35.5. The lowest BCUT2D eigenvalue weighted by Crippen LogP contribution is -2.51. The monoisotopic (exact) mass is 639 g/mol. The van der Waals surface area contributed by atoms with Crippen LogP contribution in [0.25, 0.3) is 16.7 Å². The van der Waals surface area contributed by atoms with Crippen LogP contribution >= 0.6 is 11.6 Å². The molecule has 3 fully saturated rings. The molecule has 2 amide bonds. The van der Waals surface area contributed by atoms with Gasteiger partial charge in [-0.3, -0.25) is 23.6 Å². The summed E-state index contributed by atoms with van der Waals surface area (Å²) in [5, 5.41) is 12.0. The van der Waals surface area contributed by atoms with Crippen molar-refractivity contribution < 1.29 is 24.2 Å². The van der Waals surface area contributed by atoms with Crippen LogP contribution in [-0.2, 0) is 20.8 Å². The van der Waals surface area contributed by atoms with Crippen LogP contribution in [0.2, 0.25) is 5.15 Å². The molecule has 2 aromatic heterocycles. The standard InChI is InChI=1S/C33H42ClN5O6/c1-21-16-22(6-7-23(21)25-18-44-15-14-38(25)30(42)45-31(2,3)4)39-26(34)17-24-27(39)35-20-37(28(24)40)19-33(43)10-12-36(13-11-33)29(41)32(5)8-9-32/h6-7,16-17,20,25,43H,8-15,18-19H2,1-5H3/t25-/m0/s1. The Morgan fingerprint density at radius 1 is 1.13 bits per heavy atom. The summed E-state index contributed by atoms with van der Waals surface area (Å²) >= 11 is 6.70. The van der Waals surface area contributed by atoms with Crippen molar-refractivity contribution in [2.24, 2.45) is 5.41 Å². The van der Waals surface area contributed by atoms with Crippen molar-refractivity contribution >= 4 is 34.6 Å². The zero-order valence-corrected chi connectivity index (χ0v) is 27.4. The van der Waals surface area contributed by atoms with Gasteiger partial charge in [0.2, 0.25) is 5.91 Å². The fourth-order valence-electron chi connectivity index (χ4n) is 6.40. The number of amides is 2. The van der Waals surface area contributed by atoms with Crippen molar-refractivity contribution in [1.82, 2.24) is 23.9 Å². The smallest absolute Gasteiger partial charge is 0.410 e. The Bertz CT molecular complexity index is 1700. The lowest BCUT2D eigenvalue weighted by Gasteiger charge is -2.39. The molecule has 0 bridgehead atoms. The number of aryl methyl sites for hydroxylation is 1. The summed E-state index contributed by atoms with van der Waals surface area (Å²) in [5.41, 5.74) is 0.730. The maximum atomic E-state index is 13.6. The number of nitrogens with zero attached hydrogens (tertiary/aromatic N) is 5. The van der Waals surface area contributed by atoms with E-state index in [9.17, 15) is 19.5 Å². The van der Waals surface area contributed by atoms with Crippen molar-refractivity contribution in [3.63, 3.8) is 0 Å². The number of aromatic nitrogens is 3. The molecule has 1 N–H and O–H groups in total. The minimum absolute atomic E-state index is 0.0856. The largest absolute Gasteiger partial charge is 0.444 e. The summed E-state index contributed by atoms with van der Waals surface area (Å²) < 4.78 is 14.6. The normalized spacial score (nSPS) is 21.2. The number of carbonyl (C=O) groups is 2. The molecule has 1 atom stereocenters. The first-order valence-corrected chi connectivity index (χ1v) is 16.0. The maximum absolute atomic E-state index is 13.6. The van der Waals surface area contributed by atoms with Crippen molar-refractivity contribution in [2.75, 3.05) is 32.8 Å². The molecule has 45 heavy (non-hydrogen) atoms. The van der Waals surface area contributed by atoms with Gasteiger partial charge in [-0.15, -0.1) is 0 Å². The first-order valence-electron chi connectivity index (χ1n) is 15.6. The van der Waals surface area contributed by atoms with E-state index >= 15 is 0 Å². The molecule has 2 saturated heterocycles. The predicted octanol–water partition coefficient (Wildman–Crippen LogP) is 4.61. The van der Waals surface area contributed by atoms with E-state index in [4.69, 9.17) is 21.1 Å². The van der Waals surface area contributed by atoms with Crippen molar-refractivity contribution in [1.29, 1.82) is 0 Å². The molecule has 2 aliphatic heterocycles. The molecular formula is C33H42ClN5O6. The van der Waals surface area contributed by atoms with Gasteiger partial charge in [-0.1, -0.05) is 24.6 Å². The Hall–Kier alpha value is -3.41. The summed E-state index contributed by atoms with van der Waals surface area (Å²) in [6, 6.07) is 7.09. The van der Waals surface area contributed by atoms with Crippen LogP contribution in [-0.4, -0.2) is 85.1 Å². The number of hydrogen-bond acceptors (Lipinski definition) is 7. The van der Waals surface area contributed by atoms with Crippen LogP contribution in [0.3, 0.4) is 0 Å². The highest BCUT2D eigenvalue weighted by molar-refractivity contribution is 6.31. The fourth-order valence-corrected chi connectivity index (χ4v) is 6.69. The Balaban J connectivity index is 1.22. The lowest BCUT2D eigenvalue weighted by atomic mass is 9.90. The Morgan fingerprint density at radius 2 is 1.84 bits per heavy atom. The summed E-state index contributed by atoms with van der Waals surface area (Å²) in [6.45, 7) is 11.7. The minimum Gasteiger partial charge on any atom is -0.444 e. The molecule has 1 saturated carbocycles. The molecule has 242 valence electrons. The van der Waals surface area contributed by atoms with Crippen molar-refractivity contribution in [3.05, 3.63) is 57.2 Å². The second-order valence-electron chi connectivity index (χ2n) is 14.1. The van der Waals surface area contributed by atoms with Gasteiger partial charge in [-0.2, -0.15) is 0 Å². The average molecular weight is 640 g/mol. The van der Waals surface area contributed by atoms with Crippen molar-refractivity contribution in [2.45, 2.75) is 84.1 Å². The van der Waals surface area contributed by atoms with E-state index in [0.717, 1.165) is 29.7 Å². The first kappa shape index (κ1) is 31.6. The van der Waals surface area contributed by atoms with Crippen LogP contribution < -0.4 is 5.56 Å². The van der Waals surface area contributed by atoms with E-state index in [2.05, 4.69) is 4.98 Å². The molecule has 0 spiro atoms. The Kier molecular flexibility index (Phi) is 8.02. The minimum atomic E-state index is -1.12. The molecule has 0 unspecified atom stereocenters. The topological polar surface area (TPSA) is 119 Å². The molecule has 12 heteroatoms. The highest BCUT2D eigenvalue weighted by Gasteiger charge is 2.48. The molecule has 0 radical (unpaired) electrons. The third-order valence-corrected chi connectivity index (χ3v) is 9.61. The van der Waals surface area contributed by atoms with Crippen LogP contribution in [0.5, 0.6) is 0 Å². The molecule has 6 rings (SSSR count). The van der Waals surface area contributed by atoms with Gasteiger partial charge >= 0.3 is 6.09 Å². The van der Waals surface area contributed by atoms with Crippen LogP contribution in [0.4, 0.5) is 4.79 Å². The van der Waals surface area contributed by atoms with E-state index in [1.807, 2.05) is 57.7 Å². The van der Waals surface area contributed by atoms with Crippen molar-refractivity contribution in [3.8, 4) is 5.69 Å². The highest BCUT2D eigenvalue weighted by Crippen LogP contribution is 2.47. The van der Waals surface area contributed by atoms with Gasteiger partial charge in [-0.05, 0) is 82.7 Å². The third-order valence-electron chi connectivity index (χ3n) is 9.33. The van der Waals surface area contributed by atoms with Crippen LogP contribution in [0.15, 0.2) is 35.4 Å². The molecule has 1 aliphatic carbocycles. The zero-order valence-electron chi connectivity index (χ0n) is 26.6. The van der Waals surface area contributed by atoms with E-state index in [0.29, 0.717) is 61.9 Å². The van der Waals surface area contributed by atoms with Gasteiger partial charge in [0.05, 0.1) is 36.8 Å². The molecule has 11 nitrogen and oxygen atoms in total. The number of morpholine rings is 1. The quantitative estimate of drug-likeness (QED) is 0.433. The Morgan fingerprint density at radius 3 is 2.49 bits per heavy atom. The van der Waals surface area contributed by atoms with Gasteiger partial charge in [-0.25, -0.2) is 9.78 Å². The number of halogens is 1. The van der Waals surface area contributed by atoms with Gasteiger partial charge < -0.3 is 19.5 Å². The maximum Gasteiger partial charge on any atom is 0.410 e. The Labute approximate surface area is 267 Å². The second-order valence-corrected chi connectivity index (χ2v) is 14.5. The molecule has 1 aromatic carbocycles. The fraction of sp³-hybridized carbons (Fsp3) is 0.576. The number of benzene rings is 1. The number of likely N-dealkylation sites (tertiary alicyclic amines) is 1. The molecular weight excluding hydrogens is 598 g/mol. The predicted molar refractivity (Wildman–Crippen MR) is 170 cm³/mol. The number of rotatable bonds is 5.